The van der Waals surface area contributed by atoms with E-state index in [2.05, 4.69) is 10.4 Å². The molecular weight excluding hydrogens is 336 g/mol. The Morgan fingerprint density at radius 2 is 2.08 bits per heavy atom. The Hall–Kier alpha value is -2.67. The van der Waals surface area contributed by atoms with E-state index in [-0.39, 0.29) is 24.2 Å². The molecule has 1 aliphatic rings. The van der Waals surface area contributed by atoms with Gasteiger partial charge in [0.15, 0.2) is 5.82 Å². The number of nitrogens with zero attached hydrogens (tertiary/aromatic N) is 3. The van der Waals surface area contributed by atoms with Crippen molar-refractivity contribution in [1.29, 1.82) is 0 Å². The van der Waals surface area contributed by atoms with E-state index in [4.69, 9.17) is 0 Å². The standard InChI is InChI=1S/C18H18N4O2S/c1-12-5-2-3-6-14(12)19-16(23)11-21-18(24)22(13-8-9-13)17(20-21)15-7-4-10-25-15/h2-7,10,13H,8-9,11H2,1H3,(H,19,23). The smallest absolute Gasteiger partial charge is 0.324 e. The van der Waals surface area contributed by atoms with Crippen LogP contribution >= 0.6 is 11.3 Å². The van der Waals surface area contributed by atoms with Crippen molar-refractivity contribution in [2.75, 3.05) is 5.32 Å². The summed E-state index contributed by atoms with van der Waals surface area (Å²) < 4.78 is 2.99. The van der Waals surface area contributed by atoms with Gasteiger partial charge >= 0.3 is 5.69 Å². The van der Waals surface area contributed by atoms with Crippen LogP contribution in [0.1, 0.15) is 24.4 Å². The van der Waals surface area contributed by atoms with Crippen molar-refractivity contribution < 1.29 is 4.79 Å². The minimum Gasteiger partial charge on any atom is -0.324 e. The summed E-state index contributed by atoms with van der Waals surface area (Å²) in [6, 6.07) is 11.6. The van der Waals surface area contributed by atoms with Crippen LogP contribution in [0.5, 0.6) is 0 Å². The highest BCUT2D eigenvalue weighted by atomic mass is 32.1. The van der Waals surface area contributed by atoms with Crippen molar-refractivity contribution in [2.45, 2.75) is 32.4 Å². The van der Waals surface area contributed by atoms with E-state index in [1.807, 2.05) is 48.7 Å². The largest absolute Gasteiger partial charge is 0.346 e. The molecule has 1 amide bonds. The SMILES string of the molecule is Cc1ccccc1NC(=O)Cn1nc(-c2cccs2)n(C2CC2)c1=O. The fourth-order valence-electron chi connectivity index (χ4n) is 2.80. The van der Waals surface area contributed by atoms with Crippen LogP contribution in [-0.2, 0) is 11.3 Å². The van der Waals surface area contributed by atoms with Crippen LogP contribution in [-0.4, -0.2) is 20.3 Å². The maximum Gasteiger partial charge on any atom is 0.346 e. The second-order valence-electron chi connectivity index (χ2n) is 6.21. The summed E-state index contributed by atoms with van der Waals surface area (Å²) in [6.45, 7) is 1.84. The third-order valence-electron chi connectivity index (χ3n) is 4.24. The Bertz CT molecular complexity index is 967. The van der Waals surface area contributed by atoms with E-state index in [0.29, 0.717) is 5.82 Å². The van der Waals surface area contributed by atoms with Crippen molar-refractivity contribution in [2.24, 2.45) is 0 Å². The second kappa shape index (κ2) is 6.33. The number of benzene rings is 1. The van der Waals surface area contributed by atoms with Crippen LogP contribution in [0.2, 0.25) is 0 Å². The zero-order chi connectivity index (χ0) is 17.4. The van der Waals surface area contributed by atoms with Crippen LogP contribution < -0.4 is 11.0 Å². The van der Waals surface area contributed by atoms with Gasteiger partial charge in [-0.05, 0) is 42.8 Å². The Morgan fingerprint density at radius 3 is 2.76 bits per heavy atom. The van der Waals surface area contributed by atoms with Crippen LogP contribution in [0.15, 0.2) is 46.6 Å². The zero-order valence-electron chi connectivity index (χ0n) is 13.8. The molecule has 2 aromatic heterocycles. The van der Waals surface area contributed by atoms with Crippen molar-refractivity contribution >= 4 is 22.9 Å². The van der Waals surface area contributed by atoms with Gasteiger partial charge in [-0.25, -0.2) is 9.48 Å². The predicted octanol–water partition coefficient (Wildman–Crippen LogP) is 3.06. The number of aromatic nitrogens is 3. The quantitative estimate of drug-likeness (QED) is 0.766. The number of hydrogen-bond donors (Lipinski definition) is 1. The molecule has 128 valence electrons. The van der Waals surface area contributed by atoms with Crippen LogP contribution in [0.25, 0.3) is 10.7 Å². The van der Waals surface area contributed by atoms with Gasteiger partial charge in [0, 0.05) is 11.7 Å². The van der Waals surface area contributed by atoms with Gasteiger partial charge in [0.25, 0.3) is 0 Å². The molecule has 0 spiro atoms. The first-order valence-electron chi connectivity index (χ1n) is 8.22. The highest BCUT2D eigenvalue weighted by Crippen LogP contribution is 2.37. The molecule has 2 heterocycles. The molecule has 3 aromatic rings. The Labute approximate surface area is 148 Å². The Kier molecular flexibility index (Phi) is 4.01. The second-order valence-corrected chi connectivity index (χ2v) is 7.15. The fraction of sp³-hybridized carbons (Fsp3) is 0.278. The van der Waals surface area contributed by atoms with Gasteiger partial charge in [-0.2, -0.15) is 0 Å². The number of para-hydroxylation sites is 1. The number of aryl methyl sites for hydroxylation is 1. The number of thiophene rings is 1. The van der Waals surface area contributed by atoms with Crippen molar-refractivity contribution in [3.63, 3.8) is 0 Å². The summed E-state index contributed by atoms with van der Waals surface area (Å²) in [4.78, 5) is 26.0. The lowest BCUT2D eigenvalue weighted by Crippen LogP contribution is -2.30. The summed E-state index contributed by atoms with van der Waals surface area (Å²) >= 11 is 1.54. The van der Waals surface area contributed by atoms with E-state index >= 15 is 0 Å². The van der Waals surface area contributed by atoms with Gasteiger partial charge in [0.2, 0.25) is 5.91 Å². The minimum absolute atomic E-state index is 0.0920. The first-order valence-corrected chi connectivity index (χ1v) is 9.10. The molecule has 0 unspecified atom stereocenters. The molecule has 0 saturated heterocycles. The van der Waals surface area contributed by atoms with Gasteiger partial charge in [0.1, 0.15) is 6.54 Å². The molecule has 1 aromatic carbocycles. The summed E-state index contributed by atoms with van der Waals surface area (Å²) in [5.41, 5.74) is 1.51. The summed E-state index contributed by atoms with van der Waals surface area (Å²) in [6.07, 6.45) is 1.97. The normalized spacial score (nSPS) is 13.8. The van der Waals surface area contributed by atoms with Gasteiger partial charge in [-0.1, -0.05) is 24.3 Å². The lowest BCUT2D eigenvalue weighted by molar-refractivity contribution is -0.117. The van der Waals surface area contributed by atoms with E-state index in [0.717, 1.165) is 29.0 Å². The first-order chi connectivity index (χ1) is 12.1. The third-order valence-corrected chi connectivity index (χ3v) is 5.10. The number of nitrogens with one attached hydrogen (secondary N) is 1. The highest BCUT2D eigenvalue weighted by molar-refractivity contribution is 7.13. The lowest BCUT2D eigenvalue weighted by Gasteiger charge is -2.07. The van der Waals surface area contributed by atoms with E-state index in [1.54, 1.807) is 15.9 Å². The molecule has 0 radical (unpaired) electrons. The molecule has 1 aliphatic carbocycles. The van der Waals surface area contributed by atoms with Crippen molar-refractivity contribution in [3.05, 3.63) is 57.8 Å². The predicted molar refractivity (Wildman–Crippen MR) is 97.9 cm³/mol. The molecule has 6 nitrogen and oxygen atoms in total. The van der Waals surface area contributed by atoms with Gasteiger partial charge in [-0.3, -0.25) is 9.36 Å². The topological polar surface area (TPSA) is 68.9 Å². The number of anilines is 1. The molecule has 25 heavy (non-hydrogen) atoms. The first kappa shape index (κ1) is 15.8. The van der Waals surface area contributed by atoms with Crippen molar-refractivity contribution in [1.82, 2.24) is 14.3 Å². The number of hydrogen-bond acceptors (Lipinski definition) is 4. The fourth-order valence-corrected chi connectivity index (χ4v) is 3.50. The van der Waals surface area contributed by atoms with Gasteiger partial charge in [-0.15, -0.1) is 16.4 Å². The number of carbonyl (C=O) groups excluding carboxylic acids is 1. The number of amides is 1. The van der Waals surface area contributed by atoms with E-state index in [1.165, 1.54) is 4.68 Å². The molecule has 7 heteroatoms. The summed E-state index contributed by atoms with van der Waals surface area (Å²) in [5.74, 6) is 0.403. The maximum atomic E-state index is 12.7. The average molecular weight is 354 g/mol. The maximum absolute atomic E-state index is 12.7. The molecule has 1 fully saturated rings. The van der Waals surface area contributed by atoms with Crippen LogP contribution in [0, 0.1) is 6.92 Å². The third kappa shape index (κ3) is 3.15. The Morgan fingerprint density at radius 1 is 1.28 bits per heavy atom. The number of rotatable bonds is 5. The van der Waals surface area contributed by atoms with E-state index < -0.39 is 0 Å². The van der Waals surface area contributed by atoms with Crippen molar-refractivity contribution in [3.8, 4) is 10.7 Å². The average Bonchev–Trinajstić information content (AvgIpc) is 3.17. The highest BCUT2D eigenvalue weighted by Gasteiger charge is 2.31. The molecule has 1 N–H and O–H groups in total. The van der Waals surface area contributed by atoms with E-state index in [9.17, 15) is 9.59 Å². The Balaban J connectivity index is 1.61. The monoisotopic (exact) mass is 354 g/mol. The molecular formula is C18H18N4O2S. The van der Waals surface area contributed by atoms with Gasteiger partial charge in [0.05, 0.1) is 4.88 Å². The molecule has 1 saturated carbocycles. The lowest BCUT2D eigenvalue weighted by atomic mass is 10.2. The number of carbonyl (C=O) groups is 1. The molecule has 0 aliphatic heterocycles. The molecule has 4 rings (SSSR count). The zero-order valence-corrected chi connectivity index (χ0v) is 14.6. The minimum atomic E-state index is -0.255. The molecule has 0 bridgehead atoms. The van der Waals surface area contributed by atoms with Crippen LogP contribution in [0.4, 0.5) is 5.69 Å². The molecule has 0 atom stereocenters. The summed E-state index contributed by atoms with van der Waals surface area (Å²) in [5, 5.41) is 9.24. The van der Waals surface area contributed by atoms with Gasteiger partial charge < -0.3 is 5.32 Å². The summed E-state index contributed by atoms with van der Waals surface area (Å²) in [7, 11) is 0. The van der Waals surface area contributed by atoms with Crippen LogP contribution in [0.3, 0.4) is 0 Å².